The van der Waals surface area contributed by atoms with Crippen LogP contribution in [0.1, 0.15) is 33.5 Å². The second-order valence-corrected chi connectivity index (χ2v) is 6.90. The molecule has 4 heteroatoms. The molecule has 0 saturated carbocycles. The van der Waals surface area contributed by atoms with Crippen molar-refractivity contribution in [2.45, 2.75) is 26.3 Å². The van der Waals surface area contributed by atoms with Crippen LogP contribution in [0.2, 0.25) is 0 Å². The average Bonchev–Trinajstić information content (AvgIpc) is 2.72. The number of aryl methyl sites for hydroxylation is 2. The SMILES string of the molecule is Cc1ccccc1CNc1cc(C(=O)N2CCCc3ccccc32)ccn1. The molecule has 1 aliphatic rings. The first-order valence-corrected chi connectivity index (χ1v) is 9.36. The van der Waals surface area contributed by atoms with Crippen LogP contribution in [-0.2, 0) is 13.0 Å². The summed E-state index contributed by atoms with van der Waals surface area (Å²) < 4.78 is 0. The Morgan fingerprint density at radius 2 is 1.93 bits per heavy atom. The molecule has 1 amide bonds. The topological polar surface area (TPSA) is 45.2 Å². The fraction of sp³-hybridized carbons (Fsp3) is 0.217. The maximum Gasteiger partial charge on any atom is 0.258 e. The Morgan fingerprint density at radius 1 is 1.11 bits per heavy atom. The zero-order valence-corrected chi connectivity index (χ0v) is 15.5. The summed E-state index contributed by atoms with van der Waals surface area (Å²) in [6, 6.07) is 20.1. The van der Waals surface area contributed by atoms with Crippen LogP contribution in [0, 0.1) is 6.92 Å². The number of hydrogen-bond acceptors (Lipinski definition) is 3. The van der Waals surface area contributed by atoms with Crippen LogP contribution in [0.4, 0.5) is 11.5 Å². The summed E-state index contributed by atoms with van der Waals surface area (Å²) in [7, 11) is 0. The molecule has 0 atom stereocenters. The van der Waals surface area contributed by atoms with Crippen LogP contribution in [0.25, 0.3) is 0 Å². The first kappa shape index (κ1) is 17.3. The molecule has 0 radical (unpaired) electrons. The number of fused-ring (bicyclic) bond motifs is 1. The van der Waals surface area contributed by atoms with Gasteiger partial charge in [0.1, 0.15) is 5.82 Å². The molecule has 27 heavy (non-hydrogen) atoms. The first-order chi connectivity index (χ1) is 13.2. The van der Waals surface area contributed by atoms with E-state index in [9.17, 15) is 4.79 Å². The van der Waals surface area contributed by atoms with Crippen molar-refractivity contribution < 1.29 is 4.79 Å². The van der Waals surface area contributed by atoms with Gasteiger partial charge >= 0.3 is 0 Å². The van der Waals surface area contributed by atoms with Gasteiger partial charge in [0.15, 0.2) is 0 Å². The number of aromatic nitrogens is 1. The van der Waals surface area contributed by atoms with E-state index >= 15 is 0 Å². The lowest BCUT2D eigenvalue weighted by Crippen LogP contribution is -2.35. The fourth-order valence-electron chi connectivity index (χ4n) is 3.55. The largest absolute Gasteiger partial charge is 0.366 e. The van der Waals surface area contributed by atoms with E-state index in [1.807, 2.05) is 41.3 Å². The number of benzene rings is 2. The highest BCUT2D eigenvalue weighted by molar-refractivity contribution is 6.07. The van der Waals surface area contributed by atoms with Gasteiger partial charge in [-0.2, -0.15) is 0 Å². The van der Waals surface area contributed by atoms with Crippen molar-refractivity contribution in [1.29, 1.82) is 0 Å². The molecule has 1 aliphatic heterocycles. The third kappa shape index (κ3) is 3.70. The van der Waals surface area contributed by atoms with E-state index < -0.39 is 0 Å². The third-order valence-electron chi connectivity index (χ3n) is 5.08. The molecule has 0 spiro atoms. The molecule has 2 aromatic carbocycles. The lowest BCUT2D eigenvalue weighted by molar-refractivity contribution is 0.0985. The van der Waals surface area contributed by atoms with Crippen molar-refractivity contribution in [3.05, 3.63) is 89.1 Å². The molecule has 1 aromatic heterocycles. The normalized spacial score (nSPS) is 13.1. The van der Waals surface area contributed by atoms with E-state index in [4.69, 9.17) is 0 Å². The van der Waals surface area contributed by atoms with Crippen molar-refractivity contribution in [2.75, 3.05) is 16.8 Å². The summed E-state index contributed by atoms with van der Waals surface area (Å²) in [4.78, 5) is 19.4. The molecular formula is C23H23N3O. The van der Waals surface area contributed by atoms with Crippen LogP contribution >= 0.6 is 0 Å². The van der Waals surface area contributed by atoms with Crippen LogP contribution in [0.5, 0.6) is 0 Å². The number of pyridine rings is 1. The minimum absolute atomic E-state index is 0.0310. The lowest BCUT2D eigenvalue weighted by atomic mass is 10.0. The van der Waals surface area contributed by atoms with E-state index in [0.717, 1.165) is 30.9 Å². The van der Waals surface area contributed by atoms with Crippen LogP contribution in [0.3, 0.4) is 0 Å². The molecule has 4 nitrogen and oxygen atoms in total. The summed E-state index contributed by atoms with van der Waals surface area (Å²) in [6.45, 7) is 3.53. The third-order valence-corrected chi connectivity index (χ3v) is 5.08. The van der Waals surface area contributed by atoms with Gasteiger partial charge < -0.3 is 10.2 Å². The number of rotatable bonds is 4. The minimum atomic E-state index is 0.0310. The Kier molecular flexibility index (Phi) is 4.88. The van der Waals surface area contributed by atoms with E-state index in [1.165, 1.54) is 16.7 Å². The number of carbonyl (C=O) groups excluding carboxylic acids is 1. The molecule has 136 valence electrons. The van der Waals surface area contributed by atoms with Crippen molar-refractivity contribution >= 4 is 17.4 Å². The van der Waals surface area contributed by atoms with E-state index in [2.05, 4.69) is 35.4 Å². The van der Waals surface area contributed by atoms with Crippen LogP contribution < -0.4 is 10.2 Å². The Hall–Kier alpha value is -3.14. The predicted molar refractivity (Wildman–Crippen MR) is 109 cm³/mol. The Balaban J connectivity index is 1.53. The zero-order chi connectivity index (χ0) is 18.6. The molecule has 3 aromatic rings. The molecular weight excluding hydrogens is 334 g/mol. The fourth-order valence-corrected chi connectivity index (χ4v) is 3.55. The van der Waals surface area contributed by atoms with Gasteiger partial charge in [-0.15, -0.1) is 0 Å². The van der Waals surface area contributed by atoms with Crippen molar-refractivity contribution in [3.63, 3.8) is 0 Å². The minimum Gasteiger partial charge on any atom is -0.366 e. The maximum absolute atomic E-state index is 13.1. The maximum atomic E-state index is 13.1. The standard InChI is InChI=1S/C23H23N3O/c1-17-7-2-3-9-20(17)16-25-22-15-19(12-13-24-22)23(27)26-14-6-10-18-8-4-5-11-21(18)26/h2-5,7-9,11-13,15H,6,10,14,16H2,1H3,(H,24,25). The quantitative estimate of drug-likeness (QED) is 0.742. The van der Waals surface area contributed by atoms with E-state index in [0.29, 0.717) is 12.1 Å². The number of nitrogens with one attached hydrogen (secondary N) is 1. The smallest absolute Gasteiger partial charge is 0.258 e. The van der Waals surface area contributed by atoms with E-state index in [1.54, 1.807) is 12.3 Å². The monoisotopic (exact) mass is 357 g/mol. The highest BCUT2D eigenvalue weighted by Crippen LogP contribution is 2.28. The summed E-state index contributed by atoms with van der Waals surface area (Å²) in [5, 5.41) is 3.34. The van der Waals surface area contributed by atoms with Crippen molar-refractivity contribution in [1.82, 2.24) is 4.98 Å². The van der Waals surface area contributed by atoms with Gasteiger partial charge in [0.05, 0.1) is 0 Å². The van der Waals surface area contributed by atoms with Gasteiger partial charge in [-0.25, -0.2) is 4.98 Å². The van der Waals surface area contributed by atoms with Crippen LogP contribution in [0.15, 0.2) is 66.9 Å². The highest BCUT2D eigenvalue weighted by atomic mass is 16.2. The molecule has 2 heterocycles. The number of carbonyl (C=O) groups is 1. The molecule has 0 bridgehead atoms. The second-order valence-electron chi connectivity index (χ2n) is 6.90. The molecule has 0 saturated heterocycles. The zero-order valence-electron chi connectivity index (χ0n) is 15.5. The number of para-hydroxylation sites is 1. The molecule has 1 N–H and O–H groups in total. The number of nitrogens with zero attached hydrogens (tertiary/aromatic N) is 2. The van der Waals surface area contributed by atoms with Gasteiger partial charge in [-0.3, -0.25) is 4.79 Å². The summed E-state index contributed by atoms with van der Waals surface area (Å²) in [5.74, 6) is 0.748. The van der Waals surface area contributed by atoms with Crippen molar-refractivity contribution in [3.8, 4) is 0 Å². The highest BCUT2D eigenvalue weighted by Gasteiger charge is 2.23. The molecule has 0 aliphatic carbocycles. The summed E-state index contributed by atoms with van der Waals surface area (Å²) in [5.41, 5.74) is 5.39. The van der Waals surface area contributed by atoms with Crippen LogP contribution in [-0.4, -0.2) is 17.4 Å². The van der Waals surface area contributed by atoms with Gasteiger partial charge in [-0.1, -0.05) is 42.5 Å². The van der Waals surface area contributed by atoms with Gasteiger partial charge in [0.25, 0.3) is 5.91 Å². The molecule has 0 unspecified atom stereocenters. The number of amides is 1. The Morgan fingerprint density at radius 3 is 2.81 bits per heavy atom. The predicted octanol–water partition coefficient (Wildman–Crippen LogP) is 4.60. The van der Waals surface area contributed by atoms with Crippen molar-refractivity contribution in [2.24, 2.45) is 0 Å². The lowest BCUT2D eigenvalue weighted by Gasteiger charge is -2.29. The Labute approximate surface area is 159 Å². The second kappa shape index (κ2) is 7.62. The van der Waals surface area contributed by atoms with Gasteiger partial charge in [-0.05, 0) is 54.7 Å². The Bertz CT molecular complexity index is 967. The van der Waals surface area contributed by atoms with E-state index in [-0.39, 0.29) is 5.91 Å². The van der Waals surface area contributed by atoms with Gasteiger partial charge in [0.2, 0.25) is 0 Å². The molecule has 0 fully saturated rings. The first-order valence-electron chi connectivity index (χ1n) is 9.36. The van der Waals surface area contributed by atoms with Gasteiger partial charge in [0, 0.05) is 30.5 Å². The number of hydrogen-bond donors (Lipinski definition) is 1. The number of anilines is 2. The summed E-state index contributed by atoms with van der Waals surface area (Å²) >= 11 is 0. The molecule has 4 rings (SSSR count). The summed E-state index contributed by atoms with van der Waals surface area (Å²) in [6.07, 6.45) is 3.72. The average molecular weight is 357 g/mol.